The summed E-state index contributed by atoms with van der Waals surface area (Å²) in [5.41, 5.74) is 6.37. The highest BCUT2D eigenvalue weighted by Crippen LogP contribution is 2.43. The third-order valence-electron chi connectivity index (χ3n) is 3.71. The summed E-state index contributed by atoms with van der Waals surface area (Å²) in [6.07, 6.45) is 0. The van der Waals surface area contributed by atoms with Gasteiger partial charge in [0.2, 0.25) is 5.88 Å². The summed E-state index contributed by atoms with van der Waals surface area (Å²) in [4.78, 5) is 12.4. The van der Waals surface area contributed by atoms with E-state index < -0.39 is 11.5 Å². The molecule has 1 aliphatic rings. The van der Waals surface area contributed by atoms with Crippen molar-refractivity contribution in [3.63, 3.8) is 0 Å². The van der Waals surface area contributed by atoms with Crippen LogP contribution in [0.15, 0.2) is 51.0 Å². The molecule has 1 aromatic heterocycles. The lowest BCUT2D eigenvalue weighted by atomic mass is 9.84. The Morgan fingerprint density at radius 1 is 1.35 bits per heavy atom. The van der Waals surface area contributed by atoms with E-state index in [-0.39, 0.29) is 17.0 Å². The number of nitriles is 1. The fraction of sp³-hybridized carbons (Fsp3) is 0.176. The number of allylic oxidation sites excluding steroid dienone is 1. The summed E-state index contributed by atoms with van der Waals surface area (Å²) in [6.45, 7) is 1.64. The lowest BCUT2D eigenvalue weighted by Gasteiger charge is -2.26. The van der Waals surface area contributed by atoms with Gasteiger partial charge in [-0.1, -0.05) is 18.2 Å². The van der Waals surface area contributed by atoms with Crippen LogP contribution in [0.1, 0.15) is 22.8 Å². The normalized spacial score (nSPS) is 16.3. The van der Waals surface area contributed by atoms with Gasteiger partial charge in [0, 0.05) is 11.6 Å². The van der Waals surface area contributed by atoms with Crippen molar-refractivity contribution in [1.82, 2.24) is 0 Å². The minimum atomic E-state index is -0.697. The Hall–Kier alpha value is -3.20. The number of rotatable bonds is 2. The smallest absolute Gasteiger partial charge is 0.343 e. The molecule has 0 amide bonds. The van der Waals surface area contributed by atoms with E-state index in [0.717, 1.165) is 0 Å². The van der Waals surface area contributed by atoms with Crippen LogP contribution < -0.4 is 20.8 Å². The first kappa shape index (κ1) is 14.7. The first-order chi connectivity index (χ1) is 11.1. The van der Waals surface area contributed by atoms with E-state index in [4.69, 9.17) is 19.6 Å². The maximum atomic E-state index is 12.4. The molecule has 0 saturated heterocycles. The van der Waals surface area contributed by atoms with Gasteiger partial charge < -0.3 is 19.6 Å². The Balaban J connectivity index is 2.35. The number of hydrogen-bond donors (Lipinski definition) is 1. The number of ether oxygens (including phenoxy) is 2. The molecule has 1 aromatic carbocycles. The van der Waals surface area contributed by atoms with Gasteiger partial charge in [-0.05, 0) is 13.0 Å². The van der Waals surface area contributed by atoms with Crippen molar-refractivity contribution < 1.29 is 13.9 Å². The molecule has 2 N–H and O–H groups in total. The van der Waals surface area contributed by atoms with Crippen LogP contribution in [0, 0.1) is 18.3 Å². The van der Waals surface area contributed by atoms with Crippen molar-refractivity contribution in [2.24, 2.45) is 5.73 Å². The number of methoxy groups -OCH3 is 1. The van der Waals surface area contributed by atoms with Gasteiger partial charge in [-0.2, -0.15) is 5.26 Å². The number of hydrogen-bond acceptors (Lipinski definition) is 6. The molecule has 23 heavy (non-hydrogen) atoms. The second-order valence-corrected chi connectivity index (χ2v) is 5.09. The van der Waals surface area contributed by atoms with E-state index >= 15 is 0 Å². The van der Waals surface area contributed by atoms with Crippen molar-refractivity contribution in [1.29, 1.82) is 5.26 Å². The third kappa shape index (κ3) is 2.32. The van der Waals surface area contributed by atoms with Crippen molar-refractivity contribution in [2.75, 3.05) is 7.11 Å². The summed E-state index contributed by atoms with van der Waals surface area (Å²) in [5, 5.41) is 9.49. The molecule has 1 atom stereocenters. The summed E-state index contributed by atoms with van der Waals surface area (Å²) < 4.78 is 16.0. The van der Waals surface area contributed by atoms with Crippen molar-refractivity contribution in [3.05, 3.63) is 69.1 Å². The highest BCUT2D eigenvalue weighted by atomic mass is 16.5. The quantitative estimate of drug-likeness (QED) is 0.912. The molecule has 0 spiro atoms. The predicted molar refractivity (Wildman–Crippen MR) is 82.0 cm³/mol. The van der Waals surface area contributed by atoms with Crippen molar-refractivity contribution in [2.45, 2.75) is 12.8 Å². The number of nitrogens with zero attached hydrogens (tertiary/aromatic N) is 1. The number of benzene rings is 1. The Kier molecular flexibility index (Phi) is 3.54. The molecule has 2 heterocycles. The molecule has 6 heteroatoms. The van der Waals surface area contributed by atoms with Crippen LogP contribution in [0.2, 0.25) is 0 Å². The Bertz CT molecular complexity index is 906. The highest BCUT2D eigenvalue weighted by molar-refractivity contribution is 5.57. The molecule has 6 nitrogen and oxygen atoms in total. The zero-order chi connectivity index (χ0) is 16.6. The van der Waals surface area contributed by atoms with Gasteiger partial charge in [0.15, 0.2) is 0 Å². The van der Waals surface area contributed by atoms with Crippen LogP contribution in [0.25, 0.3) is 0 Å². The van der Waals surface area contributed by atoms with Crippen molar-refractivity contribution >= 4 is 0 Å². The molecule has 3 rings (SSSR count). The zero-order valence-corrected chi connectivity index (χ0v) is 12.6. The van der Waals surface area contributed by atoms with Gasteiger partial charge in [-0.15, -0.1) is 0 Å². The Morgan fingerprint density at radius 3 is 2.78 bits per heavy atom. The second-order valence-electron chi connectivity index (χ2n) is 5.09. The molecule has 0 aliphatic carbocycles. The topological polar surface area (TPSA) is 98.5 Å². The van der Waals surface area contributed by atoms with E-state index in [0.29, 0.717) is 22.8 Å². The average Bonchev–Trinajstić information content (AvgIpc) is 2.53. The Labute approximate surface area is 132 Å². The number of fused-ring (bicyclic) bond motifs is 1. The summed E-state index contributed by atoms with van der Waals surface area (Å²) in [7, 11) is 1.52. The maximum absolute atomic E-state index is 12.4. The number of para-hydroxylation sites is 1. The van der Waals surface area contributed by atoms with Gasteiger partial charge in [-0.25, -0.2) is 4.79 Å². The van der Waals surface area contributed by atoms with Crippen LogP contribution in [0.4, 0.5) is 0 Å². The molecule has 2 aromatic rings. The lowest BCUT2D eigenvalue weighted by Crippen LogP contribution is -2.26. The molecule has 0 saturated carbocycles. The molecule has 0 unspecified atom stereocenters. The molecule has 0 radical (unpaired) electrons. The lowest BCUT2D eigenvalue weighted by molar-refractivity contribution is 0.367. The fourth-order valence-corrected chi connectivity index (χ4v) is 2.73. The molecular formula is C17H14N2O4. The van der Waals surface area contributed by atoms with Gasteiger partial charge in [0.05, 0.1) is 18.6 Å². The van der Waals surface area contributed by atoms with E-state index in [1.54, 1.807) is 37.3 Å². The predicted octanol–water partition coefficient (Wildman–Crippen LogP) is 2.17. The van der Waals surface area contributed by atoms with Crippen molar-refractivity contribution in [3.8, 4) is 17.6 Å². The molecule has 116 valence electrons. The maximum Gasteiger partial charge on any atom is 0.343 e. The molecule has 1 aliphatic heterocycles. The van der Waals surface area contributed by atoms with Crippen LogP contribution >= 0.6 is 0 Å². The molecule has 0 bridgehead atoms. The van der Waals surface area contributed by atoms with Gasteiger partial charge in [-0.3, -0.25) is 0 Å². The van der Waals surface area contributed by atoms with E-state index in [1.165, 1.54) is 7.11 Å². The van der Waals surface area contributed by atoms with Crippen LogP contribution in [-0.2, 0) is 0 Å². The van der Waals surface area contributed by atoms with Gasteiger partial charge in [0.25, 0.3) is 0 Å². The largest absolute Gasteiger partial charge is 0.496 e. The third-order valence-corrected chi connectivity index (χ3v) is 3.71. The Morgan fingerprint density at radius 2 is 2.09 bits per heavy atom. The summed E-state index contributed by atoms with van der Waals surface area (Å²) >= 11 is 0. The second kappa shape index (κ2) is 5.54. The average molecular weight is 310 g/mol. The van der Waals surface area contributed by atoms with E-state index in [1.807, 2.05) is 6.07 Å². The monoisotopic (exact) mass is 310 g/mol. The summed E-state index contributed by atoms with van der Waals surface area (Å²) in [5.74, 6) is 0.524. The van der Waals surface area contributed by atoms with Crippen LogP contribution in [0.5, 0.6) is 11.5 Å². The standard InChI is InChI=1S/C17H14N2O4/c1-9-7-13-15(17(20)22-9)14(11(8-18)16(19)23-13)10-5-3-4-6-12(10)21-2/h3-7,14H,19H2,1-2H3/t14-/m1/s1. The zero-order valence-electron chi connectivity index (χ0n) is 12.6. The summed E-state index contributed by atoms with van der Waals surface area (Å²) in [6, 6.07) is 10.8. The SMILES string of the molecule is COc1ccccc1[C@@H]1C(C#N)=C(N)Oc2cc(C)oc(=O)c21. The van der Waals surface area contributed by atoms with Crippen LogP contribution in [0.3, 0.4) is 0 Å². The van der Waals surface area contributed by atoms with Crippen LogP contribution in [-0.4, -0.2) is 7.11 Å². The number of aryl methyl sites for hydroxylation is 1. The fourth-order valence-electron chi connectivity index (χ4n) is 2.73. The van der Waals surface area contributed by atoms with E-state index in [2.05, 4.69) is 0 Å². The molecular weight excluding hydrogens is 296 g/mol. The molecule has 0 fully saturated rings. The highest BCUT2D eigenvalue weighted by Gasteiger charge is 2.35. The van der Waals surface area contributed by atoms with E-state index in [9.17, 15) is 10.1 Å². The van der Waals surface area contributed by atoms with Gasteiger partial charge in [0.1, 0.15) is 28.9 Å². The first-order valence-corrected chi connectivity index (χ1v) is 6.92. The van der Waals surface area contributed by atoms with Gasteiger partial charge >= 0.3 is 5.63 Å². The minimum Gasteiger partial charge on any atom is -0.496 e. The number of nitrogens with two attached hydrogens (primary N) is 1. The minimum absolute atomic E-state index is 0.0269. The first-order valence-electron chi connectivity index (χ1n) is 6.92.